The fourth-order valence-corrected chi connectivity index (χ4v) is 3.22. The van der Waals surface area contributed by atoms with Crippen LogP contribution in [0.1, 0.15) is 35.3 Å². The highest BCUT2D eigenvalue weighted by Crippen LogP contribution is 2.23. The van der Waals surface area contributed by atoms with E-state index in [1.54, 1.807) is 24.4 Å². The summed E-state index contributed by atoms with van der Waals surface area (Å²) >= 11 is 0. The van der Waals surface area contributed by atoms with Gasteiger partial charge < -0.3 is 4.90 Å². The first kappa shape index (κ1) is 16.6. The number of nitrogens with zero attached hydrogens (tertiary/aromatic N) is 2. The Hall–Kier alpha value is -2.30. The van der Waals surface area contributed by atoms with Gasteiger partial charge in [0.25, 0.3) is 5.91 Å². The van der Waals surface area contributed by atoms with Crippen LogP contribution in [-0.2, 0) is 6.42 Å². The minimum atomic E-state index is -0.555. The first-order valence-corrected chi connectivity index (χ1v) is 8.27. The average Bonchev–Trinajstić information content (AvgIpc) is 2.61. The van der Waals surface area contributed by atoms with Gasteiger partial charge >= 0.3 is 0 Å². The van der Waals surface area contributed by atoms with Crippen molar-refractivity contribution in [3.63, 3.8) is 0 Å². The van der Waals surface area contributed by atoms with Crippen molar-refractivity contribution in [2.45, 2.75) is 25.7 Å². The molecule has 1 fully saturated rings. The Bertz CT molecular complexity index is 706. The SMILES string of the molecule is O=C(c1ccccn1)N1CCCC(CCc2ccc(F)cc2F)C1. The van der Waals surface area contributed by atoms with Gasteiger partial charge in [0.15, 0.2) is 0 Å². The molecule has 3 nitrogen and oxygen atoms in total. The van der Waals surface area contributed by atoms with Gasteiger partial charge in [0.2, 0.25) is 0 Å². The van der Waals surface area contributed by atoms with Crippen LogP contribution in [-0.4, -0.2) is 28.9 Å². The molecular formula is C19H20F2N2O. The van der Waals surface area contributed by atoms with E-state index in [0.717, 1.165) is 31.9 Å². The standard InChI is InChI=1S/C19H20F2N2O/c20-16-9-8-15(17(21)12-16)7-6-14-4-3-11-23(13-14)19(24)18-5-1-2-10-22-18/h1-2,5,8-10,12,14H,3-4,6-7,11,13H2. The smallest absolute Gasteiger partial charge is 0.272 e. The summed E-state index contributed by atoms with van der Waals surface area (Å²) in [6.45, 7) is 1.40. The Labute approximate surface area is 140 Å². The van der Waals surface area contributed by atoms with Crippen LogP contribution in [0.4, 0.5) is 8.78 Å². The Kier molecular flexibility index (Phi) is 5.18. The van der Waals surface area contributed by atoms with E-state index < -0.39 is 11.6 Å². The summed E-state index contributed by atoms with van der Waals surface area (Å²) in [6.07, 6.45) is 4.92. The molecule has 1 unspecified atom stereocenters. The molecule has 24 heavy (non-hydrogen) atoms. The molecule has 1 atom stereocenters. The van der Waals surface area contributed by atoms with Crippen LogP contribution in [0, 0.1) is 17.6 Å². The van der Waals surface area contributed by atoms with Crippen molar-refractivity contribution < 1.29 is 13.6 Å². The highest BCUT2D eigenvalue weighted by Gasteiger charge is 2.25. The first-order chi connectivity index (χ1) is 11.6. The van der Waals surface area contributed by atoms with E-state index in [1.165, 1.54) is 12.1 Å². The number of carbonyl (C=O) groups excluding carboxylic acids is 1. The number of halogens is 2. The lowest BCUT2D eigenvalue weighted by Crippen LogP contribution is -2.40. The summed E-state index contributed by atoms with van der Waals surface area (Å²) in [4.78, 5) is 18.4. The lowest BCUT2D eigenvalue weighted by molar-refractivity contribution is 0.0662. The number of carbonyl (C=O) groups is 1. The molecule has 1 aromatic carbocycles. The number of rotatable bonds is 4. The molecule has 1 aromatic heterocycles. The van der Waals surface area contributed by atoms with Gasteiger partial charge in [-0.2, -0.15) is 0 Å². The Morgan fingerprint density at radius 3 is 2.88 bits per heavy atom. The second-order valence-electron chi connectivity index (χ2n) is 6.25. The van der Waals surface area contributed by atoms with Gasteiger partial charge in [-0.3, -0.25) is 9.78 Å². The number of aromatic nitrogens is 1. The molecule has 3 rings (SSSR count). The fourth-order valence-electron chi connectivity index (χ4n) is 3.22. The Morgan fingerprint density at radius 1 is 1.25 bits per heavy atom. The van der Waals surface area contributed by atoms with Crippen LogP contribution < -0.4 is 0 Å². The van der Waals surface area contributed by atoms with Gasteiger partial charge in [-0.05, 0) is 55.4 Å². The second kappa shape index (κ2) is 7.51. The number of pyridine rings is 1. The number of aryl methyl sites for hydroxylation is 1. The van der Waals surface area contributed by atoms with Gasteiger partial charge in [-0.15, -0.1) is 0 Å². The molecule has 1 amide bonds. The molecule has 1 saturated heterocycles. The van der Waals surface area contributed by atoms with Crippen molar-refractivity contribution in [1.29, 1.82) is 0 Å². The summed E-state index contributed by atoms with van der Waals surface area (Å²) < 4.78 is 26.7. The third kappa shape index (κ3) is 3.96. The van der Waals surface area contributed by atoms with Crippen molar-refractivity contribution in [2.75, 3.05) is 13.1 Å². The third-order valence-corrected chi connectivity index (χ3v) is 4.53. The summed E-state index contributed by atoms with van der Waals surface area (Å²) in [7, 11) is 0. The number of hydrogen-bond donors (Lipinski definition) is 0. The van der Waals surface area contributed by atoms with Gasteiger partial charge in [0, 0.05) is 25.4 Å². The van der Waals surface area contributed by atoms with E-state index in [1.807, 2.05) is 4.90 Å². The zero-order valence-corrected chi connectivity index (χ0v) is 13.4. The zero-order valence-electron chi connectivity index (χ0n) is 13.4. The highest BCUT2D eigenvalue weighted by molar-refractivity contribution is 5.92. The monoisotopic (exact) mass is 330 g/mol. The lowest BCUT2D eigenvalue weighted by atomic mass is 9.91. The number of amides is 1. The van der Waals surface area contributed by atoms with Gasteiger partial charge in [0.1, 0.15) is 17.3 Å². The van der Waals surface area contributed by atoms with Crippen molar-refractivity contribution in [3.05, 3.63) is 65.5 Å². The number of benzene rings is 1. The molecule has 126 valence electrons. The molecule has 1 aliphatic heterocycles. The number of likely N-dealkylation sites (tertiary alicyclic amines) is 1. The van der Waals surface area contributed by atoms with E-state index >= 15 is 0 Å². The molecule has 0 radical (unpaired) electrons. The summed E-state index contributed by atoms with van der Waals surface area (Å²) in [6, 6.07) is 9.03. The maximum absolute atomic E-state index is 13.7. The molecule has 0 aliphatic carbocycles. The quantitative estimate of drug-likeness (QED) is 0.853. The molecule has 0 saturated carbocycles. The Morgan fingerprint density at radius 2 is 2.12 bits per heavy atom. The molecule has 2 aromatic rings. The molecule has 0 N–H and O–H groups in total. The maximum Gasteiger partial charge on any atom is 0.272 e. The van der Waals surface area contributed by atoms with Gasteiger partial charge in [-0.1, -0.05) is 12.1 Å². The summed E-state index contributed by atoms with van der Waals surface area (Å²) in [5, 5.41) is 0. The van der Waals surface area contributed by atoms with E-state index in [-0.39, 0.29) is 5.91 Å². The van der Waals surface area contributed by atoms with E-state index in [4.69, 9.17) is 0 Å². The van der Waals surface area contributed by atoms with Crippen LogP contribution in [0.5, 0.6) is 0 Å². The summed E-state index contributed by atoms with van der Waals surface area (Å²) in [5.74, 6) is -0.766. The molecule has 0 spiro atoms. The number of hydrogen-bond acceptors (Lipinski definition) is 2. The topological polar surface area (TPSA) is 33.2 Å². The molecule has 5 heteroatoms. The predicted molar refractivity (Wildman–Crippen MR) is 87.5 cm³/mol. The molecule has 2 heterocycles. The van der Waals surface area contributed by atoms with E-state index in [2.05, 4.69) is 4.98 Å². The minimum absolute atomic E-state index is 0.0479. The van der Waals surface area contributed by atoms with Crippen LogP contribution in [0.15, 0.2) is 42.6 Å². The Balaban J connectivity index is 1.58. The lowest BCUT2D eigenvalue weighted by Gasteiger charge is -2.32. The van der Waals surface area contributed by atoms with Crippen LogP contribution in [0.3, 0.4) is 0 Å². The zero-order chi connectivity index (χ0) is 16.9. The second-order valence-corrected chi connectivity index (χ2v) is 6.25. The first-order valence-electron chi connectivity index (χ1n) is 8.27. The van der Waals surface area contributed by atoms with Crippen LogP contribution >= 0.6 is 0 Å². The molecule has 1 aliphatic rings. The fraction of sp³-hybridized carbons (Fsp3) is 0.368. The number of piperidine rings is 1. The molecular weight excluding hydrogens is 310 g/mol. The maximum atomic E-state index is 13.7. The van der Waals surface area contributed by atoms with Gasteiger partial charge in [0.05, 0.1) is 0 Å². The average molecular weight is 330 g/mol. The largest absolute Gasteiger partial charge is 0.337 e. The molecule has 0 bridgehead atoms. The van der Waals surface area contributed by atoms with Crippen molar-refractivity contribution in [1.82, 2.24) is 9.88 Å². The normalized spacial score (nSPS) is 17.8. The van der Waals surface area contributed by atoms with E-state index in [9.17, 15) is 13.6 Å². The van der Waals surface area contributed by atoms with Gasteiger partial charge in [-0.25, -0.2) is 8.78 Å². The van der Waals surface area contributed by atoms with Crippen molar-refractivity contribution in [2.24, 2.45) is 5.92 Å². The van der Waals surface area contributed by atoms with Crippen molar-refractivity contribution >= 4 is 5.91 Å². The minimum Gasteiger partial charge on any atom is -0.337 e. The third-order valence-electron chi connectivity index (χ3n) is 4.53. The van der Waals surface area contributed by atoms with Crippen LogP contribution in [0.25, 0.3) is 0 Å². The highest BCUT2D eigenvalue weighted by atomic mass is 19.1. The van der Waals surface area contributed by atoms with Crippen molar-refractivity contribution in [3.8, 4) is 0 Å². The van der Waals surface area contributed by atoms with E-state index in [0.29, 0.717) is 30.1 Å². The predicted octanol–water partition coefficient (Wildman–Crippen LogP) is 3.84. The van der Waals surface area contributed by atoms with Crippen LogP contribution in [0.2, 0.25) is 0 Å². The summed E-state index contributed by atoms with van der Waals surface area (Å²) in [5.41, 5.74) is 0.993.